The van der Waals surface area contributed by atoms with Crippen LogP contribution in [-0.2, 0) is 14.3 Å². The Morgan fingerprint density at radius 1 is 1.38 bits per heavy atom. The van der Waals surface area contributed by atoms with Crippen molar-refractivity contribution in [2.75, 3.05) is 20.3 Å². The van der Waals surface area contributed by atoms with E-state index in [-0.39, 0.29) is 25.4 Å². The number of rotatable bonds is 10. The van der Waals surface area contributed by atoms with E-state index in [1.165, 1.54) is 7.11 Å². The molecule has 1 aromatic carbocycles. The van der Waals surface area contributed by atoms with Gasteiger partial charge in [0.2, 0.25) is 5.91 Å². The van der Waals surface area contributed by atoms with Crippen molar-refractivity contribution in [2.24, 2.45) is 0 Å². The Bertz CT molecular complexity index is 578. The molecule has 1 amide bonds. The maximum absolute atomic E-state index is 12.0. The Morgan fingerprint density at radius 3 is 2.67 bits per heavy atom. The van der Waals surface area contributed by atoms with E-state index in [4.69, 9.17) is 26.2 Å². The van der Waals surface area contributed by atoms with Crippen LogP contribution >= 0.6 is 11.6 Å². The number of methoxy groups -OCH3 is 1. The van der Waals surface area contributed by atoms with Gasteiger partial charge in [-0.15, -0.1) is 0 Å². The quantitative estimate of drug-likeness (QED) is 0.629. The number of carboxylic acid groups (broad SMARTS) is 1. The number of nitrogens with one attached hydrogen (secondary N) is 1. The molecule has 0 bridgehead atoms. The summed E-state index contributed by atoms with van der Waals surface area (Å²) in [5, 5.41) is 12.3. The molecule has 0 aliphatic heterocycles. The van der Waals surface area contributed by atoms with E-state index in [0.29, 0.717) is 23.8 Å². The highest BCUT2D eigenvalue weighted by Crippen LogP contribution is 2.21. The standard InChI is InChI=1S/C17H24ClNO5/c1-12-9-13(6-7-14(12)18)24-8-4-5-15(20)19-17(2,11-23-3)10-16(21)22/h6-7,9H,4-5,8,10-11H2,1-3H3,(H,19,20)(H,21,22). The molecule has 2 N–H and O–H groups in total. The molecular formula is C17H24ClNO5. The molecule has 0 aliphatic rings. The van der Waals surface area contributed by atoms with Crippen molar-refractivity contribution in [1.29, 1.82) is 0 Å². The summed E-state index contributed by atoms with van der Waals surface area (Å²) in [4.78, 5) is 22.9. The molecule has 0 heterocycles. The third-order valence-corrected chi connectivity index (χ3v) is 3.82. The SMILES string of the molecule is COCC(C)(CC(=O)O)NC(=O)CCCOc1ccc(Cl)c(C)c1. The predicted molar refractivity (Wildman–Crippen MR) is 91.6 cm³/mol. The van der Waals surface area contributed by atoms with Gasteiger partial charge in [0.15, 0.2) is 0 Å². The summed E-state index contributed by atoms with van der Waals surface area (Å²) in [6.07, 6.45) is 0.558. The Labute approximate surface area is 147 Å². The van der Waals surface area contributed by atoms with Gasteiger partial charge in [-0.05, 0) is 44.0 Å². The zero-order valence-electron chi connectivity index (χ0n) is 14.2. The lowest BCUT2D eigenvalue weighted by Crippen LogP contribution is -2.50. The first-order valence-corrected chi connectivity index (χ1v) is 8.04. The number of hydrogen-bond acceptors (Lipinski definition) is 4. The molecule has 6 nitrogen and oxygen atoms in total. The van der Waals surface area contributed by atoms with Crippen LogP contribution in [0.5, 0.6) is 5.75 Å². The van der Waals surface area contributed by atoms with Crippen LogP contribution in [-0.4, -0.2) is 42.8 Å². The van der Waals surface area contributed by atoms with Gasteiger partial charge in [0.1, 0.15) is 5.75 Å². The fraction of sp³-hybridized carbons (Fsp3) is 0.529. The summed E-state index contributed by atoms with van der Waals surface area (Å²) in [6.45, 7) is 4.05. The summed E-state index contributed by atoms with van der Waals surface area (Å²) in [5.74, 6) is -0.518. The minimum atomic E-state index is -0.990. The second kappa shape index (κ2) is 9.49. The van der Waals surface area contributed by atoms with Crippen molar-refractivity contribution in [2.45, 2.75) is 38.6 Å². The van der Waals surface area contributed by atoms with Crippen LogP contribution in [0, 0.1) is 6.92 Å². The zero-order valence-corrected chi connectivity index (χ0v) is 15.0. The van der Waals surface area contributed by atoms with Crippen molar-refractivity contribution < 1.29 is 24.2 Å². The van der Waals surface area contributed by atoms with Crippen molar-refractivity contribution >= 4 is 23.5 Å². The molecule has 0 spiro atoms. The van der Waals surface area contributed by atoms with Crippen LogP contribution < -0.4 is 10.1 Å². The maximum atomic E-state index is 12.0. The number of carbonyl (C=O) groups excluding carboxylic acids is 1. The number of halogens is 1. The molecule has 7 heteroatoms. The van der Waals surface area contributed by atoms with Crippen LogP contribution in [0.15, 0.2) is 18.2 Å². The normalized spacial score (nSPS) is 13.2. The molecule has 1 unspecified atom stereocenters. The number of amides is 1. The Kier molecular flexibility index (Phi) is 8.01. The molecule has 0 radical (unpaired) electrons. The van der Waals surface area contributed by atoms with Gasteiger partial charge in [-0.25, -0.2) is 0 Å². The number of carbonyl (C=O) groups is 2. The van der Waals surface area contributed by atoms with Gasteiger partial charge < -0.3 is 19.9 Å². The van der Waals surface area contributed by atoms with Crippen molar-refractivity contribution in [3.8, 4) is 5.75 Å². The predicted octanol–water partition coefficient (Wildman–Crippen LogP) is 2.80. The lowest BCUT2D eigenvalue weighted by molar-refractivity contribution is -0.139. The second-order valence-electron chi connectivity index (χ2n) is 5.98. The largest absolute Gasteiger partial charge is 0.494 e. The smallest absolute Gasteiger partial charge is 0.305 e. The van der Waals surface area contributed by atoms with E-state index in [9.17, 15) is 9.59 Å². The highest BCUT2D eigenvalue weighted by atomic mass is 35.5. The molecule has 0 aliphatic carbocycles. The first-order valence-electron chi connectivity index (χ1n) is 7.66. The van der Waals surface area contributed by atoms with E-state index in [0.717, 1.165) is 5.56 Å². The molecule has 1 rings (SSSR count). The molecule has 0 aromatic heterocycles. The maximum Gasteiger partial charge on any atom is 0.305 e. The van der Waals surface area contributed by atoms with Crippen LogP contribution in [0.25, 0.3) is 0 Å². The van der Waals surface area contributed by atoms with E-state index >= 15 is 0 Å². The van der Waals surface area contributed by atoms with Gasteiger partial charge in [-0.1, -0.05) is 11.6 Å². The van der Waals surface area contributed by atoms with Crippen LogP contribution in [0.1, 0.15) is 31.7 Å². The highest BCUT2D eigenvalue weighted by Gasteiger charge is 2.29. The monoisotopic (exact) mass is 357 g/mol. The minimum absolute atomic E-state index is 0.131. The van der Waals surface area contributed by atoms with Gasteiger partial charge in [-0.2, -0.15) is 0 Å². The highest BCUT2D eigenvalue weighted by molar-refractivity contribution is 6.31. The van der Waals surface area contributed by atoms with Crippen LogP contribution in [0.2, 0.25) is 5.02 Å². The van der Waals surface area contributed by atoms with E-state index in [2.05, 4.69) is 5.32 Å². The van der Waals surface area contributed by atoms with Crippen molar-refractivity contribution in [3.05, 3.63) is 28.8 Å². The second-order valence-corrected chi connectivity index (χ2v) is 6.38. The molecule has 1 atom stereocenters. The fourth-order valence-corrected chi connectivity index (χ4v) is 2.43. The van der Waals surface area contributed by atoms with Crippen LogP contribution in [0.4, 0.5) is 0 Å². The fourth-order valence-electron chi connectivity index (χ4n) is 2.31. The van der Waals surface area contributed by atoms with Gasteiger partial charge in [0.25, 0.3) is 0 Å². The number of ether oxygens (including phenoxy) is 2. The third-order valence-electron chi connectivity index (χ3n) is 3.39. The Hall–Kier alpha value is -1.79. The van der Waals surface area contributed by atoms with Gasteiger partial charge in [-0.3, -0.25) is 9.59 Å². The minimum Gasteiger partial charge on any atom is -0.494 e. The average Bonchev–Trinajstić information content (AvgIpc) is 2.46. The first kappa shape index (κ1) is 20.3. The average molecular weight is 358 g/mol. The topological polar surface area (TPSA) is 84.9 Å². The molecule has 0 saturated heterocycles. The number of aliphatic carboxylic acids is 1. The van der Waals surface area contributed by atoms with E-state index in [1.807, 2.05) is 13.0 Å². The van der Waals surface area contributed by atoms with Gasteiger partial charge in [0.05, 0.1) is 25.2 Å². The first-order chi connectivity index (χ1) is 11.3. The number of aryl methyl sites for hydroxylation is 1. The zero-order chi connectivity index (χ0) is 18.2. The lowest BCUT2D eigenvalue weighted by atomic mass is 9.98. The summed E-state index contributed by atoms with van der Waals surface area (Å²) in [6, 6.07) is 5.38. The van der Waals surface area contributed by atoms with E-state index in [1.54, 1.807) is 19.1 Å². The molecule has 134 valence electrons. The van der Waals surface area contributed by atoms with E-state index < -0.39 is 11.5 Å². The number of carboxylic acids is 1. The lowest BCUT2D eigenvalue weighted by Gasteiger charge is -2.28. The number of hydrogen-bond donors (Lipinski definition) is 2. The molecular weight excluding hydrogens is 334 g/mol. The van der Waals surface area contributed by atoms with Crippen LogP contribution in [0.3, 0.4) is 0 Å². The van der Waals surface area contributed by atoms with Gasteiger partial charge >= 0.3 is 5.97 Å². The molecule has 0 saturated carbocycles. The third kappa shape index (κ3) is 7.19. The molecule has 1 aromatic rings. The van der Waals surface area contributed by atoms with Crippen molar-refractivity contribution in [1.82, 2.24) is 5.32 Å². The molecule has 24 heavy (non-hydrogen) atoms. The molecule has 0 fully saturated rings. The Morgan fingerprint density at radius 2 is 2.08 bits per heavy atom. The van der Waals surface area contributed by atoms with Gasteiger partial charge in [0, 0.05) is 18.6 Å². The summed E-state index contributed by atoms with van der Waals surface area (Å²) in [5.41, 5.74) is 0.00198. The van der Waals surface area contributed by atoms with Crippen molar-refractivity contribution in [3.63, 3.8) is 0 Å². The summed E-state index contributed by atoms with van der Waals surface area (Å²) in [7, 11) is 1.47. The summed E-state index contributed by atoms with van der Waals surface area (Å²) < 4.78 is 10.6. The number of benzene rings is 1. The summed E-state index contributed by atoms with van der Waals surface area (Å²) >= 11 is 5.95. The Balaban J connectivity index is 2.39.